The molecule has 3 heterocycles. The maximum absolute atomic E-state index is 13.0. The van der Waals surface area contributed by atoms with Crippen molar-refractivity contribution in [1.82, 2.24) is 20.5 Å². The van der Waals surface area contributed by atoms with Gasteiger partial charge < -0.3 is 10.1 Å². The lowest BCUT2D eigenvalue weighted by Crippen LogP contribution is -2.42. The quantitative estimate of drug-likeness (QED) is 0.269. The van der Waals surface area contributed by atoms with Crippen molar-refractivity contribution in [3.05, 3.63) is 86.6 Å². The highest BCUT2D eigenvalue weighted by Gasteiger charge is 2.37. The number of halogens is 3. The second kappa shape index (κ2) is 10.0. The fraction of sp³-hybridized carbons (Fsp3) is 0.250. The van der Waals surface area contributed by atoms with Crippen LogP contribution in [0.25, 0.3) is 22.4 Å². The summed E-state index contributed by atoms with van der Waals surface area (Å²) >= 11 is 18.9. The van der Waals surface area contributed by atoms with Gasteiger partial charge in [0, 0.05) is 38.9 Å². The van der Waals surface area contributed by atoms with Gasteiger partial charge in [0.2, 0.25) is 11.8 Å². The van der Waals surface area contributed by atoms with Crippen LogP contribution < -0.4 is 10.1 Å². The van der Waals surface area contributed by atoms with E-state index in [0.717, 1.165) is 27.9 Å². The van der Waals surface area contributed by atoms with Gasteiger partial charge in [0.15, 0.2) is 0 Å². The molecule has 0 radical (unpaired) electrons. The Hall–Kier alpha value is -3.06. The molecule has 9 heteroatoms. The highest BCUT2D eigenvalue weighted by molar-refractivity contribution is 6.36. The Bertz CT molecular complexity index is 1480. The van der Waals surface area contributed by atoms with Crippen LogP contribution in [0.1, 0.15) is 43.3 Å². The number of amides is 1. The molecule has 0 aliphatic carbocycles. The molecule has 2 N–H and O–H groups in total. The van der Waals surface area contributed by atoms with Crippen LogP contribution in [-0.4, -0.2) is 26.7 Å². The van der Waals surface area contributed by atoms with Gasteiger partial charge in [0.05, 0.1) is 28.9 Å². The van der Waals surface area contributed by atoms with Crippen molar-refractivity contribution in [1.29, 1.82) is 0 Å². The minimum absolute atomic E-state index is 0.127. The predicted octanol–water partition coefficient (Wildman–Crippen LogP) is 7.37. The highest BCUT2D eigenvalue weighted by atomic mass is 35.5. The van der Waals surface area contributed by atoms with Crippen molar-refractivity contribution in [2.24, 2.45) is 0 Å². The van der Waals surface area contributed by atoms with Gasteiger partial charge in [-0.1, -0.05) is 46.9 Å². The van der Waals surface area contributed by atoms with E-state index < -0.39 is 5.60 Å². The molecule has 4 aromatic rings. The molecule has 2 aromatic heterocycles. The average Bonchev–Trinajstić information content (AvgIpc) is 3.22. The normalized spacial score (nSPS) is 16.1. The maximum atomic E-state index is 13.0. The summed E-state index contributed by atoms with van der Waals surface area (Å²) < 4.78 is 6.32. The molecule has 37 heavy (non-hydrogen) atoms. The van der Waals surface area contributed by atoms with Crippen molar-refractivity contribution in [3.63, 3.8) is 0 Å². The molecule has 6 nitrogen and oxygen atoms in total. The van der Waals surface area contributed by atoms with E-state index in [4.69, 9.17) is 44.5 Å². The Balaban J connectivity index is 1.61. The number of nitrogens with one attached hydrogen (secondary N) is 2. The minimum atomic E-state index is -0.552. The van der Waals surface area contributed by atoms with Gasteiger partial charge in [-0.15, -0.1) is 0 Å². The summed E-state index contributed by atoms with van der Waals surface area (Å²) in [4.78, 5) is 18.0. The van der Waals surface area contributed by atoms with Gasteiger partial charge in [-0.2, -0.15) is 5.10 Å². The van der Waals surface area contributed by atoms with Crippen LogP contribution in [0.5, 0.6) is 5.88 Å². The zero-order chi connectivity index (χ0) is 26.3. The van der Waals surface area contributed by atoms with Crippen molar-refractivity contribution < 1.29 is 9.53 Å². The molecule has 2 aromatic carbocycles. The summed E-state index contributed by atoms with van der Waals surface area (Å²) in [6.45, 7) is 5.87. The van der Waals surface area contributed by atoms with Gasteiger partial charge in [-0.05, 0) is 68.8 Å². The van der Waals surface area contributed by atoms with Crippen LogP contribution in [0.2, 0.25) is 15.1 Å². The van der Waals surface area contributed by atoms with E-state index in [1.807, 2.05) is 63.2 Å². The Labute approximate surface area is 230 Å². The first-order valence-electron chi connectivity index (χ1n) is 11.8. The first-order chi connectivity index (χ1) is 17.6. The third-order valence-electron chi connectivity index (χ3n) is 6.24. The first kappa shape index (κ1) is 25.6. The molecule has 0 spiro atoms. The number of hydrogen-bond acceptors (Lipinski definition) is 4. The number of carbonyl (C=O) groups is 1. The molecule has 5 rings (SSSR count). The highest BCUT2D eigenvalue weighted by Crippen LogP contribution is 2.44. The Morgan fingerprint density at radius 1 is 1.05 bits per heavy atom. The summed E-state index contributed by atoms with van der Waals surface area (Å²) in [5, 5.41) is 11.9. The molecule has 1 aliphatic heterocycles. The van der Waals surface area contributed by atoms with Crippen LogP contribution in [-0.2, 0) is 11.2 Å². The Morgan fingerprint density at radius 3 is 2.46 bits per heavy atom. The van der Waals surface area contributed by atoms with Crippen molar-refractivity contribution >= 4 is 40.7 Å². The van der Waals surface area contributed by atoms with Crippen molar-refractivity contribution in [3.8, 4) is 28.3 Å². The number of aromatic amines is 1. The number of carbonyl (C=O) groups excluding carboxylic acids is 1. The SMILES string of the molecule is Cc1cc(CC(=O)NC2CC(C)(C)Oc3nc(-c4ccc(Cl)cc4Cl)c(-c4ccc(Cl)cc4)cc32)n[nH]1. The number of H-pyrrole nitrogens is 1. The number of ether oxygens (including phenoxy) is 1. The van der Waals surface area contributed by atoms with Crippen LogP contribution in [0, 0.1) is 6.92 Å². The second-order valence-electron chi connectivity index (χ2n) is 9.82. The third kappa shape index (κ3) is 5.61. The van der Waals surface area contributed by atoms with Crippen LogP contribution in [0.15, 0.2) is 54.6 Å². The van der Waals surface area contributed by atoms with E-state index >= 15 is 0 Å². The summed E-state index contributed by atoms with van der Waals surface area (Å²) in [6, 6.07) is 16.4. The average molecular weight is 556 g/mol. The van der Waals surface area contributed by atoms with Crippen molar-refractivity contribution in [2.45, 2.75) is 45.3 Å². The van der Waals surface area contributed by atoms with E-state index in [0.29, 0.717) is 38.8 Å². The second-order valence-corrected chi connectivity index (χ2v) is 11.1. The third-order valence-corrected chi connectivity index (χ3v) is 7.04. The van der Waals surface area contributed by atoms with E-state index in [2.05, 4.69) is 15.5 Å². The molecule has 0 saturated heterocycles. The summed E-state index contributed by atoms with van der Waals surface area (Å²) in [5.41, 5.74) is 4.96. The zero-order valence-electron chi connectivity index (χ0n) is 20.5. The van der Waals surface area contributed by atoms with Gasteiger partial charge in [0.25, 0.3) is 0 Å². The fourth-order valence-electron chi connectivity index (χ4n) is 4.59. The van der Waals surface area contributed by atoms with Crippen LogP contribution in [0.4, 0.5) is 0 Å². The number of pyridine rings is 1. The Morgan fingerprint density at radius 2 is 1.78 bits per heavy atom. The lowest BCUT2D eigenvalue weighted by molar-refractivity contribution is -0.121. The number of nitrogens with zero attached hydrogens (tertiary/aromatic N) is 2. The molecule has 1 aliphatic rings. The van der Waals surface area contributed by atoms with Gasteiger partial charge in [-0.25, -0.2) is 4.98 Å². The summed E-state index contributed by atoms with van der Waals surface area (Å²) in [5.74, 6) is 0.328. The monoisotopic (exact) mass is 554 g/mol. The molecular weight excluding hydrogens is 531 g/mol. The number of benzene rings is 2. The van der Waals surface area contributed by atoms with E-state index in [-0.39, 0.29) is 18.4 Å². The van der Waals surface area contributed by atoms with Gasteiger partial charge in [0.1, 0.15) is 5.60 Å². The van der Waals surface area contributed by atoms with E-state index in [9.17, 15) is 4.79 Å². The van der Waals surface area contributed by atoms with Gasteiger partial charge >= 0.3 is 0 Å². The van der Waals surface area contributed by atoms with Crippen molar-refractivity contribution in [2.75, 3.05) is 0 Å². The minimum Gasteiger partial charge on any atom is -0.471 e. The lowest BCUT2D eigenvalue weighted by Gasteiger charge is -2.37. The summed E-state index contributed by atoms with van der Waals surface area (Å²) in [7, 11) is 0. The molecule has 0 saturated carbocycles. The topological polar surface area (TPSA) is 79.9 Å². The predicted molar refractivity (Wildman–Crippen MR) is 147 cm³/mol. The number of aryl methyl sites for hydroxylation is 1. The molecule has 0 fully saturated rings. The number of aromatic nitrogens is 3. The zero-order valence-corrected chi connectivity index (χ0v) is 22.8. The molecule has 0 bridgehead atoms. The van der Waals surface area contributed by atoms with E-state index in [1.54, 1.807) is 12.1 Å². The first-order valence-corrected chi connectivity index (χ1v) is 13.0. The molecule has 190 valence electrons. The largest absolute Gasteiger partial charge is 0.471 e. The van der Waals surface area contributed by atoms with Crippen LogP contribution in [0.3, 0.4) is 0 Å². The number of hydrogen-bond donors (Lipinski definition) is 2. The fourth-order valence-corrected chi connectivity index (χ4v) is 5.21. The standard InChI is InChI=1S/C28H25Cl3N4O2/c1-15-10-19(35-34-15)12-25(36)32-24-14-28(2,3)37-27-22(24)13-21(16-4-6-17(29)7-5-16)26(33-27)20-9-8-18(30)11-23(20)31/h4-11,13,24H,12,14H2,1-3H3,(H,32,36)(H,34,35). The molecule has 1 atom stereocenters. The smallest absolute Gasteiger partial charge is 0.226 e. The molecular formula is C28H25Cl3N4O2. The Kier molecular flexibility index (Phi) is 6.92. The molecule has 1 amide bonds. The van der Waals surface area contributed by atoms with Crippen LogP contribution >= 0.6 is 34.8 Å². The summed E-state index contributed by atoms with van der Waals surface area (Å²) in [6.07, 6.45) is 0.752. The van der Waals surface area contributed by atoms with E-state index in [1.165, 1.54) is 0 Å². The number of fused-ring (bicyclic) bond motifs is 1. The maximum Gasteiger partial charge on any atom is 0.226 e. The number of rotatable bonds is 5. The molecule has 1 unspecified atom stereocenters. The van der Waals surface area contributed by atoms with Gasteiger partial charge in [-0.3, -0.25) is 9.89 Å². The lowest BCUT2D eigenvalue weighted by atomic mass is 9.88.